The van der Waals surface area contributed by atoms with E-state index >= 15 is 0 Å². The van der Waals surface area contributed by atoms with Gasteiger partial charge in [-0.1, -0.05) is 84.8 Å². The molecule has 0 amide bonds. The van der Waals surface area contributed by atoms with Gasteiger partial charge < -0.3 is 9.64 Å². The van der Waals surface area contributed by atoms with Gasteiger partial charge in [-0.25, -0.2) is 0 Å². The number of benzene rings is 1. The predicted molar refractivity (Wildman–Crippen MR) is 128 cm³/mol. The number of ether oxygens (including phenoxy) is 1. The number of nitrogens with zero attached hydrogens (tertiary/aromatic N) is 1. The Morgan fingerprint density at radius 3 is 1.90 bits per heavy atom. The van der Waals surface area contributed by atoms with Gasteiger partial charge in [-0.05, 0) is 43.8 Å². The van der Waals surface area contributed by atoms with Crippen LogP contribution in [0.2, 0.25) is 0 Å². The van der Waals surface area contributed by atoms with Crippen molar-refractivity contribution in [3.63, 3.8) is 0 Å². The second kappa shape index (κ2) is 18.6. The van der Waals surface area contributed by atoms with E-state index in [1.807, 2.05) is 24.3 Å². The van der Waals surface area contributed by atoms with E-state index in [1.165, 1.54) is 64.6 Å². The molecule has 0 aromatic heterocycles. The first kappa shape index (κ1) is 28.9. The lowest BCUT2D eigenvalue weighted by atomic mass is 10.1. The van der Waals surface area contributed by atoms with Crippen molar-refractivity contribution in [2.75, 3.05) is 32.5 Å². The van der Waals surface area contributed by atoms with Crippen LogP contribution in [0, 0.1) is 0 Å². The van der Waals surface area contributed by atoms with E-state index in [-0.39, 0.29) is 6.61 Å². The molecule has 0 bridgehead atoms. The molecule has 0 N–H and O–H groups in total. The average molecular weight is 444 g/mol. The summed E-state index contributed by atoms with van der Waals surface area (Å²) >= 11 is 0. The van der Waals surface area contributed by atoms with E-state index in [9.17, 15) is 8.42 Å². The molecule has 176 valence electrons. The third-order valence-electron chi connectivity index (χ3n) is 4.95. The van der Waals surface area contributed by atoms with Gasteiger partial charge in [0.05, 0.1) is 19.5 Å². The smallest absolute Gasteiger partial charge is 0.264 e. The van der Waals surface area contributed by atoms with Crippen LogP contribution in [0.4, 0.5) is 0 Å². The largest absolute Gasteiger partial charge is 0.494 e. The zero-order valence-corrected chi connectivity index (χ0v) is 20.8. The maximum atomic E-state index is 11.0. The third-order valence-corrected chi connectivity index (χ3v) is 5.49. The van der Waals surface area contributed by atoms with Crippen LogP contribution in [0.5, 0.6) is 5.75 Å². The Morgan fingerprint density at radius 1 is 0.833 bits per heavy atom. The maximum Gasteiger partial charge on any atom is 0.264 e. The Hall–Kier alpha value is -1.11. The number of hydrogen-bond acceptors (Lipinski definition) is 5. The quantitative estimate of drug-likeness (QED) is 0.231. The molecule has 0 aliphatic carbocycles. The summed E-state index contributed by atoms with van der Waals surface area (Å²) in [7, 11) is -3.41. The van der Waals surface area contributed by atoms with Crippen LogP contribution in [0.3, 0.4) is 0 Å². The normalized spacial score (nSPS) is 11.3. The fraction of sp³-hybridized carbons (Fsp3) is 0.750. The number of rotatable bonds is 16. The van der Waals surface area contributed by atoms with Crippen LogP contribution in [0.25, 0.3) is 0 Å². The Kier molecular flexibility index (Phi) is 18.0. The Morgan fingerprint density at radius 2 is 1.40 bits per heavy atom. The highest BCUT2D eigenvalue weighted by Crippen LogP contribution is 2.16. The molecular formula is C24H45NO4S. The zero-order chi connectivity index (χ0) is 22.7. The minimum absolute atomic E-state index is 0.0494. The Labute approximate surface area is 186 Å². The Bertz CT molecular complexity index is 610. The van der Waals surface area contributed by atoms with Crippen molar-refractivity contribution in [3.05, 3.63) is 29.8 Å². The molecule has 1 rings (SSSR count). The van der Waals surface area contributed by atoms with Crippen LogP contribution in [0.1, 0.15) is 84.6 Å². The molecule has 0 radical (unpaired) electrons. The lowest BCUT2D eigenvalue weighted by Crippen LogP contribution is -2.21. The highest BCUT2D eigenvalue weighted by molar-refractivity contribution is 7.85. The fourth-order valence-corrected chi connectivity index (χ4v) is 3.35. The Balaban J connectivity index is 0.00000103. The van der Waals surface area contributed by atoms with Crippen molar-refractivity contribution in [2.24, 2.45) is 0 Å². The van der Waals surface area contributed by atoms with E-state index in [4.69, 9.17) is 8.92 Å². The minimum Gasteiger partial charge on any atom is -0.494 e. The van der Waals surface area contributed by atoms with Crippen molar-refractivity contribution in [2.45, 2.75) is 85.7 Å². The van der Waals surface area contributed by atoms with Crippen molar-refractivity contribution in [3.8, 4) is 5.75 Å². The maximum absolute atomic E-state index is 11.0. The summed E-state index contributed by atoms with van der Waals surface area (Å²) in [4.78, 5) is 2.38. The number of unbranched alkanes of at least 4 members (excludes halogenated alkanes) is 7. The van der Waals surface area contributed by atoms with Gasteiger partial charge >= 0.3 is 0 Å². The summed E-state index contributed by atoms with van der Waals surface area (Å²) in [5.41, 5.74) is 0.795. The number of hydrogen-bond donors (Lipinski definition) is 0. The van der Waals surface area contributed by atoms with Gasteiger partial charge in [-0.15, -0.1) is 0 Å². The van der Waals surface area contributed by atoms with E-state index < -0.39 is 10.1 Å². The summed E-state index contributed by atoms with van der Waals surface area (Å²) in [5.74, 6) is 0.766. The lowest BCUT2D eigenvalue weighted by molar-refractivity contribution is 0.297. The molecule has 0 aliphatic rings. The van der Waals surface area contributed by atoms with Gasteiger partial charge in [0.1, 0.15) is 5.75 Å². The predicted octanol–water partition coefficient (Wildman–Crippen LogP) is 6.03. The van der Waals surface area contributed by atoms with E-state index in [1.54, 1.807) is 0 Å². The summed E-state index contributed by atoms with van der Waals surface area (Å²) in [6.45, 7) is 13.1. The minimum atomic E-state index is -3.41. The van der Waals surface area contributed by atoms with Crippen LogP contribution in [-0.4, -0.2) is 45.8 Å². The molecule has 0 unspecified atom stereocenters. The molecule has 1 aromatic carbocycles. The molecule has 0 spiro atoms. The second-order valence-electron chi connectivity index (χ2n) is 7.56. The summed E-state index contributed by atoms with van der Waals surface area (Å²) < 4.78 is 32.5. The summed E-state index contributed by atoms with van der Waals surface area (Å²) in [6, 6.07) is 7.39. The highest BCUT2D eigenvalue weighted by atomic mass is 32.2. The van der Waals surface area contributed by atoms with Crippen molar-refractivity contribution in [1.29, 1.82) is 0 Å². The van der Waals surface area contributed by atoms with Gasteiger partial charge in [0, 0.05) is 0 Å². The van der Waals surface area contributed by atoms with E-state index in [2.05, 4.69) is 32.6 Å². The van der Waals surface area contributed by atoms with Crippen LogP contribution in [-0.2, 0) is 20.9 Å². The van der Waals surface area contributed by atoms with E-state index in [0.717, 1.165) is 24.0 Å². The van der Waals surface area contributed by atoms with Gasteiger partial charge in [-0.3, -0.25) is 4.18 Å². The van der Waals surface area contributed by atoms with Crippen LogP contribution < -0.4 is 4.74 Å². The molecule has 0 saturated carbocycles. The van der Waals surface area contributed by atoms with Crippen molar-refractivity contribution >= 4 is 10.1 Å². The first-order valence-electron chi connectivity index (χ1n) is 11.6. The monoisotopic (exact) mass is 443 g/mol. The molecule has 0 saturated heterocycles. The molecule has 0 aliphatic heterocycles. The van der Waals surface area contributed by atoms with Crippen LogP contribution in [0.15, 0.2) is 24.3 Å². The first-order chi connectivity index (χ1) is 14.4. The summed E-state index contributed by atoms with van der Waals surface area (Å²) in [5, 5.41) is 0. The van der Waals surface area contributed by atoms with Gasteiger partial charge in [-0.2, -0.15) is 8.42 Å². The molecule has 6 heteroatoms. The second-order valence-corrected chi connectivity index (χ2v) is 9.20. The van der Waals surface area contributed by atoms with Gasteiger partial charge in [0.25, 0.3) is 10.1 Å². The average Bonchev–Trinajstić information content (AvgIpc) is 2.73. The standard InChI is InChI=1S/C18H30O4S.C6H15N/c1-3-4-5-6-7-8-9-10-14-21-18-13-11-12-17(15-18)16-22-23(2,19)20;1-4-7(5-2)6-3/h11-13,15H,3-10,14,16H2,1-2H3;4-6H2,1-3H3. The topological polar surface area (TPSA) is 55.8 Å². The van der Waals surface area contributed by atoms with Crippen molar-refractivity contribution in [1.82, 2.24) is 4.90 Å². The highest BCUT2D eigenvalue weighted by Gasteiger charge is 2.03. The first-order valence-corrected chi connectivity index (χ1v) is 13.5. The lowest BCUT2D eigenvalue weighted by Gasteiger charge is -2.13. The van der Waals surface area contributed by atoms with E-state index in [0.29, 0.717) is 6.61 Å². The molecule has 1 aromatic rings. The molecule has 5 nitrogen and oxygen atoms in total. The van der Waals surface area contributed by atoms with Crippen LogP contribution >= 0.6 is 0 Å². The molecule has 30 heavy (non-hydrogen) atoms. The molecular weight excluding hydrogens is 398 g/mol. The third kappa shape index (κ3) is 17.7. The van der Waals surface area contributed by atoms with Gasteiger partial charge in [0.15, 0.2) is 0 Å². The zero-order valence-electron chi connectivity index (χ0n) is 20.0. The molecule has 0 heterocycles. The SMILES string of the molecule is CCCCCCCCCCOc1cccc(COS(C)(=O)=O)c1.CCN(CC)CC. The van der Waals surface area contributed by atoms with Gasteiger partial charge in [0.2, 0.25) is 0 Å². The van der Waals surface area contributed by atoms with Crippen molar-refractivity contribution < 1.29 is 17.3 Å². The molecule has 0 atom stereocenters. The fourth-order valence-electron chi connectivity index (χ4n) is 3.00. The molecule has 0 fully saturated rings. The summed E-state index contributed by atoms with van der Waals surface area (Å²) in [6.07, 6.45) is 11.2.